The first-order chi connectivity index (χ1) is 40.2. The fraction of sp³-hybridized carbons (Fsp3) is 0.967. The van der Waals surface area contributed by atoms with Crippen molar-refractivity contribution >= 4 is 0 Å². The van der Waals surface area contributed by atoms with E-state index in [1.54, 1.807) is 0 Å². The van der Waals surface area contributed by atoms with Crippen LogP contribution in [0.1, 0.15) is 127 Å². The maximum atomic E-state index is 13.1. The van der Waals surface area contributed by atoms with Crippen molar-refractivity contribution in [3.8, 4) is 0 Å². The Balaban J connectivity index is 1.000. The molecule has 86 heavy (non-hydrogen) atoms. The number of ether oxygens (including phenoxy) is 10. The summed E-state index contributed by atoms with van der Waals surface area (Å²) in [5.74, 6) is -0.769. The van der Waals surface area contributed by atoms with Gasteiger partial charge in [-0.25, -0.2) is 0 Å². The van der Waals surface area contributed by atoms with Crippen molar-refractivity contribution in [1.29, 1.82) is 0 Å². The van der Waals surface area contributed by atoms with Gasteiger partial charge in [0.05, 0.1) is 49.8 Å². The van der Waals surface area contributed by atoms with Crippen LogP contribution in [0.3, 0.4) is 0 Å². The van der Waals surface area contributed by atoms with Crippen molar-refractivity contribution in [2.75, 3.05) is 19.8 Å². The number of aliphatic hydroxyl groups excluding tert-OH is 16. The van der Waals surface area contributed by atoms with Crippen LogP contribution in [0.25, 0.3) is 0 Å². The van der Waals surface area contributed by atoms with Crippen molar-refractivity contribution in [1.82, 2.24) is 0 Å². The van der Waals surface area contributed by atoms with Gasteiger partial charge in [0.25, 0.3) is 0 Å². The van der Waals surface area contributed by atoms with Crippen molar-refractivity contribution in [3.05, 3.63) is 11.6 Å². The van der Waals surface area contributed by atoms with E-state index in [0.717, 1.165) is 18.4 Å². The molecule has 0 aromatic heterocycles. The lowest BCUT2D eigenvalue weighted by Gasteiger charge is -2.71. The molecule has 9 aliphatic rings. The molecule has 9 rings (SSSR count). The summed E-state index contributed by atoms with van der Waals surface area (Å²) in [5.41, 5.74) is -2.02. The van der Waals surface area contributed by atoms with E-state index in [9.17, 15) is 81.7 Å². The van der Waals surface area contributed by atoms with Gasteiger partial charge in [0.2, 0.25) is 0 Å². The molecule has 9 fully saturated rings. The molecule has 5 heterocycles. The molecule has 26 heteroatoms. The molecule has 35 unspecified atom stereocenters. The van der Waals surface area contributed by atoms with E-state index in [1.807, 2.05) is 20.8 Å². The molecule has 35 atom stereocenters. The average molecular weight is 1240 g/mol. The molecule has 0 bridgehead atoms. The first kappa shape index (κ1) is 69.1. The van der Waals surface area contributed by atoms with Crippen LogP contribution in [-0.4, -0.2) is 273 Å². The monoisotopic (exact) mass is 1240 g/mol. The van der Waals surface area contributed by atoms with E-state index in [4.69, 9.17) is 47.4 Å². The zero-order chi connectivity index (χ0) is 63.2. The normalized spacial score (nSPS) is 53.8. The Labute approximate surface area is 502 Å². The largest absolute Gasteiger partial charge is 0.394 e. The smallest absolute Gasteiger partial charge is 0.187 e. The molecule has 26 nitrogen and oxygen atoms in total. The summed E-state index contributed by atoms with van der Waals surface area (Å²) < 4.78 is 63.0. The van der Waals surface area contributed by atoms with E-state index in [2.05, 4.69) is 40.7 Å². The van der Waals surface area contributed by atoms with Crippen molar-refractivity contribution in [3.63, 3.8) is 0 Å². The van der Waals surface area contributed by atoms with Crippen molar-refractivity contribution in [2.24, 2.45) is 45.3 Å². The van der Waals surface area contributed by atoms with Gasteiger partial charge in [0, 0.05) is 0 Å². The van der Waals surface area contributed by atoms with E-state index in [-0.39, 0.29) is 34.5 Å². The predicted octanol–water partition coefficient (Wildman–Crippen LogP) is -2.32. The molecule has 498 valence electrons. The Morgan fingerprint density at radius 2 is 0.965 bits per heavy atom. The van der Waals surface area contributed by atoms with Gasteiger partial charge in [-0.3, -0.25) is 0 Å². The average Bonchev–Trinajstić information content (AvgIpc) is 1.22. The van der Waals surface area contributed by atoms with Crippen molar-refractivity contribution < 1.29 is 129 Å². The van der Waals surface area contributed by atoms with Gasteiger partial charge in [-0.1, -0.05) is 46.3 Å². The Hall–Kier alpha value is -1.30. The molecular weight excluding hydrogens is 1140 g/mol. The van der Waals surface area contributed by atoms with Crippen LogP contribution >= 0.6 is 0 Å². The topological polar surface area (TPSA) is 416 Å². The van der Waals surface area contributed by atoms with E-state index in [1.165, 1.54) is 13.8 Å². The number of aliphatic hydroxyl groups is 16. The highest BCUT2D eigenvalue weighted by molar-refractivity contribution is 5.21. The first-order valence-corrected chi connectivity index (χ1v) is 31.1. The Morgan fingerprint density at radius 3 is 1.52 bits per heavy atom. The number of hydrogen-bond donors (Lipinski definition) is 16. The standard InChI is InChI=1S/C60H102O26/c1-24(2)12-11-16-60(10,86-55-50(85-52-46(75)42(71)37(66)26(4)78-52)48(40(69)31(23-63)81-55)83-51-45(74)41(70)36(65)25(3)77-51)27-13-18-59(9)35(27)28(64)20-33-57(7)17-15-34(56(5,6)32(57)14-19-58(33,59)8)82-54-49(44(73)39(68)30(22-62)80-54)84-53-47(76)43(72)38(67)29(21-61)79-53/h12,25-55,61-76H,11,13-23H2,1-10H3. The summed E-state index contributed by atoms with van der Waals surface area (Å²) >= 11 is 0. The maximum absolute atomic E-state index is 13.1. The molecule has 0 amide bonds. The maximum Gasteiger partial charge on any atom is 0.187 e. The van der Waals surface area contributed by atoms with Crippen LogP contribution in [-0.2, 0) is 47.4 Å². The summed E-state index contributed by atoms with van der Waals surface area (Å²) in [5, 5.41) is 176. The Bertz CT molecular complexity index is 2280. The van der Waals surface area contributed by atoms with Gasteiger partial charge in [-0.15, -0.1) is 0 Å². The van der Waals surface area contributed by atoms with Gasteiger partial charge in [0.15, 0.2) is 31.5 Å². The minimum atomic E-state index is -1.85. The lowest BCUT2D eigenvalue weighted by atomic mass is 9.35. The molecule has 5 saturated heterocycles. The van der Waals surface area contributed by atoms with Crippen LogP contribution < -0.4 is 0 Å². The van der Waals surface area contributed by atoms with E-state index < -0.39 is 202 Å². The minimum absolute atomic E-state index is 0.00679. The number of allylic oxidation sites excluding steroid dienone is 2. The molecular formula is C60H102O26. The highest BCUT2D eigenvalue weighted by Gasteiger charge is 2.72. The quantitative estimate of drug-likeness (QED) is 0.0537. The number of rotatable bonds is 17. The molecule has 0 spiro atoms. The lowest BCUT2D eigenvalue weighted by Crippen LogP contribution is -2.68. The van der Waals surface area contributed by atoms with Crippen LogP contribution in [0.15, 0.2) is 11.6 Å². The lowest BCUT2D eigenvalue weighted by molar-refractivity contribution is -0.400. The zero-order valence-electron chi connectivity index (χ0n) is 51.2. The highest BCUT2D eigenvalue weighted by Crippen LogP contribution is 2.76. The third-order valence-corrected chi connectivity index (χ3v) is 23.0. The Morgan fingerprint density at radius 1 is 0.488 bits per heavy atom. The fourth-order valence-corrected chi connectivity index (χ4v) is 17.7. The van der Waals surface area contributed by atoms with E-state index >= 15 is 0 Å². The van der Waals surface area contributed by atoms with Crippen LogP contribution in [0.4, 0.5) is 0 Å². The minimum Gasteiger partial charge on any atom is -0.394 e. The van der Waals surface area contributed by atoms with Gasteiger partial charge in [0.1, 0.15) is 110 Å². The molecule has 0 aromatic carbocycles. The number of fused-ring (bicyclic) bond motifs is 5. The molecule has 5 aliphatic heterocycles. The van der Waals surface area contributed by atoms with Gasteiger partial charge >= 0.3 is 0 Å². The van der Waals surface area contributed by atoms with Crippen LogP contribution in [0.5, 0.6) is 0 Å². The van der Waals surface area contributed by atoms with Gasteiger partial charge in [-0.2, -0.15) is 0 Å². The summed E-state index contributed by atoms with van der Waals surface area (Å²) in [6.45, 7) is 17.8. The molecule has 4 saturated carbocycles. The third-order valence-electron chi connectivity index (χ3n) is 23.0. The van der Waals surface area contributed by atoms with Crippen LogP contribution in [0, 0.1) is 45.3 Å². The second-order valence-electron chi connectivity index (χ2n) is 28.5. The van der Waals surface area contributed by atoms with Gasteiger partial charge < -0.3 is 129 Å². The second-order valence-corrected chi connectivity index (χ2v) is 28.5. The second kappa shape index (κ2) is 26.2. The summed E-state index contributed by atoms with van der Waals surface area (Å²) in [4.78, 5) is 0. The summed E-state index contributed by atoms with van der Waals surface area (Å²) in [6, 6.07) is 0. The third kappa shape index (κ3) is 12.1. The SMILES string of the molecule is CC(C)=CCCC(C)(OC1OC(CO)C(O)C(OC2OC(C)C(O)C(O)C2O)C1OC1OC(C)C(O)C(O)C1O)C1CCC2(C)C1C(O)CC1C3(C)CCC(OC4OC(CO)C(O)C(O)C4OC4OC(CO)C(O)C(O)C4O)C(C)(C)C3CCC12C. The molecule has 4 aliphatic carbocycles. The molecule has 0 radical (unpaired) electrons. The summed E-state index contributed by atoms with van der Waals surface area (Å²) in [7, 11) is 0. The van der Waals surface area contributed by atoms with Crippen LogP contribution in [0.2, 0.25) is 0 Å². The predicted molar refractivity (Wildman–Crippen MR) is 296 cm³/mol. The molecule has 16 N–H and O–H groups in total. The van der Waals surface area contributed by atoms with Crippen molar-refractivity contribution in [2.45, 2.75) is 298 Å². The first-order valence-electron chi connectivity index (χ1n) is 31.1. The number of hydrogen-bond acceptors (Lipinski definition) is 26. The summed E-state index contributed by atoms with van der Waals surface area (Å²) in [6.07, 6.45) is -33.9. The Kier molecular flexibility index (Phi) is 21.1. The molecule has 0 aromatic rings. The highest BCUT2D eigenvalue weighted by atomic mass is 16.8. The fourth-order valence-electron chi connectivity index (χ4n) is 17.7. The van der Waals surface area contributed by atoms with Gasteiger partial charge in [-0.05, 0) is 138 Å². The van der Waals surface area contributed by atoms with E-state index in [0.29, 0.717) is 44.9 Å². The zero-order valence-corrected chi connectivity index (χ0v) is 51.2.